The van der Waals surface area contributed by atoms with E-state index in [-0.39, 0.29) is 42.5 Å². The topological polar surface area (TPSA) is 63.3 Å². The Labute approximate surface area is 249 Å². The zero-order valence-electron chi connectivity index (χ0n) is 24.4. The number of hydrogen-bond donors (Lipinski definition) is 1. The summed E-state index contributed by atoms with van der Waals surface area (Å²) in [6, 6.07) is 22.5. The number of aliphatic hydroxyl groups excluding tert-OH is 1. The summed E-state index contributed by atoms with van der Waals surface area (Å²) >= 11 is 0. The van der Waals surface area contributed by atoms with Gasteiger partial charge in [-0.05, 0) is 28.8 Å². The Bertz CT molecular complexity index is 1780. The molecule has 6 rings (SSSR count). The van der Waals surface area contributed by atoms with Crippen molar-refractivity contribution < 1.29 is 34.4 Å². The molecule has 209 valence electrons. The summed E-state index contributed by atoms with van der Waals surface area (Å²) in [5.74, 6) is 0.104. The summed E-state index contributed by atoms with van der Waals surface area (Å²) in [5.41, 5.74) is 5.49. The molecule has 1 aliphatic carbocycles. The summed E-state index contributed by atoms with van der Waals surface area (Å²) in [6.07, 6.45) is 3.17. The predicted octanol–water partition coefficient (Wildman–Crippen LogP) is 9.33. The molecule has 5 aromatic rings. The number of rotatable bonds is 1. The number of carbonyl (C=O) groups excluding carboxylic acids is 1. The predicted molar refractivity (Wildman–Crippen MR) is 160 cm³/mol. The van der Waals surface area contributed by atoms with Gasteiger partial charge in [0.2, 0.25) is 0 Å². The minimum absolute atomic E-state index is 0. The molecule has 4 nitrogen and oxygen atoms in total. The van der Waals surface area contributed by atoms with Crippen LogP contribution in [-0.4, -0.2) is 15.9 Å². The van der Waals surface area contributed by atoms with E-state index in [1.54, 1.807) is 0 Å². The van der Waals surface area contributed by atoms with E-state index in [0.717, 1.165) is 27.8 Å². The van der Waals surface area contributed by atoms with Crippen molar-refractivity contribution in [2.45, 2.75) is 60.8 Å². The van der Waals surface area contributed by atoms with Crippen LogP contribution in [0.25, 0.3) is 44.0 Å². The largest absolute Gasteiger partial charge is 0.512 e. The number of nitrogens with zero attached hydrogens (tertiary/aromatic N) is 1. The van der Waals surface area contributed by atoms with Gasteiger partial charge >= 0.3 is 0 Å². The molecule has 1 aliphatic rings. The van der Waals surface area contributed by atoms with E-state index in [1.807, 2.05) is 53.8 Å². The first-order valence-corrected chi connectivity index (χ1v) is 13.4. The Morgan fingerprint density at radius 3 is 2.27 bits per heavy atom. The van der Waals surface area contributed by atoms with Crippen molar-refractivity contribution in [3.63, 3.8) is 0 Å². The molecule has 0 spiro atoms. The summed E-state index contributed by atoms with van der Waals surface area (Å²) < 4.78 is 6.15. The fraction of sp³-hybridized carbons (Fsp3) is 0.314. The number of allylic oxidation sites excluding steroid dienone is 2. The van der Waals surface area contributed by atoms with E-state index in [9.17, 15) is 9.90 Å². The molecule has 5 heteroatoms. The Morgan fingerprint density at radius 1 is 0.925 bits per heavy atom. The monoisotopic (exact) mass is 711 g/mol. The molecule has 40 heavy (non-hydrogen) atoms. The van der Waals surface area contributed by atoms with E-state index in [4.69, 9.17) is 9.40 Å². The Hall–Kier alpha value is -3.27. The summed E-state index contributed by atoms with van der Waals surface area (Å²) in [5, 5.41) is 14.3. The minimum Gasteiger partial charge on any atom is -0.512 e. The normalized spacial score (nSPS) is 14.3. The van der Waals surface area contributed by atoms with Crippen molar-refractivity contribution in [2.75, 3.05) is 0 Å². The molecule has 0 atom stereocenters. The van der Waals surface area contributed by atoms with Gasteiger partial charge in [-0.3, -0.25) is 4.79 Å². The second-order valence-corrected chi connectivity index (χ2v) is 13.0. The number of ketones is 1. The first-order chi connectivity index (χ1) is 18.2. The second-order valence-electron chi connectivity index (χ2n) is 13.0. The van der Waals surface area contributed by atoms with Crippen LogP contribution >= 0.6 is 0 Å². The van der Waals surface area contributed by atoms with Gasteiger partial charge in [-0.15, -0.1) is 23.3 Å². The molecule has 2 aromatic heterocycles. The average Bonchev–Trinajstić information content (AvgIpc) is 3.22. The molecule has 2 heterocycles. The Morgan fingerprint density at radius 2 is 1.60 bits per heavy atom. The SMILES string of the molecule is CC(C)(C)C(=O)/C=C(\O)C(C)(C)C.CC1(C)c2c([c-]cc3ccccc23)-c2nccc3oc4cccc1c4c23.[Ir]. The van der Waals surface area contributed by atoms with Crippen LogP contribution in [0.4, 0.5) is 0 Å². The number of furan rings is 1. The van der Waals surface area contributed by atoms with Crippen LogP contribution in [0.2, 0.25) is 0 Å². The van der Waals surface area contributed by atoms with E-state index in [0.29, 0.717) is 0 Å². The van der Waals surface area contributed by atoms with Crippen LogP contribution in [-0.2, 0) is 30.3 Å². The van der Waals surface area contributed by atoms with Crippen molar-refractivity contribution in [3.8, 4) is 11.3 Å². The molecule has 0 unspecified atom stereocenters. The minimum atomic E-state index is -0.417. The molecule has 0 saturated heterocycles. The van der Waals surface area contributed by atoms with Crippen molar-refractivity contribution in [1.82, 2.24) is 4.98 Å². The molecule has 3 aromatic carbocycles. The molecule has 0 saturated carbocycles. The van der Waals surface area contributed by atoms with Crippen molar-refractivity contribution in [1.29, 1.82) is 0 Å². The first kappa shape index (κ1) is 29.7. The fourth-order valence-electron chi connectivity index (χ4n) is 5.21. The molecule has 1 radical (unpaired) electrons. The van der Waals surface area contributed by atoms with Crippen molar-refractivity contribution in [2.24, 2.45) is 10.8 Å². The van der Waals surface area contributed by atoms with Gasteiger partial charge in [0.05, 0.1) is 0 Å². The summed E-state index contributed by atoms with van der Waals surface area (Å²) in [4.78, 5) is 16.3. The number of fused-ring (bicyclic) bond motifs is 4. The maximum absolute atomic E-state index is 11.5. The smallest absolute Gasteiger partial charge is 0.164 e. The molecular formula is C35H36IrNO3-. The molecule has 0 fully saturated rings. The second kappa shape index (κ2) is 10.3. The quantitative estimate of drug-likeness (QED) is 0.107. The molecular weight excluding hydrogens is 675 g/mol. The number of aliphatic hydroxyl groups is 1. The average molecular weight is 711 g/mol. The van der Waals surface area contributed by atoms with Crippen molar-refractivity contribution in [3.05, 3.63) is 89.8 Å². The number of carbonyl (C=O) groups is 1. The molecule has 0 bridgehead atoms. The Kier molecular flexibility index (Phi) is 7.64. The van der Waals surface area contributed by atoms with Crippen LogP contribution < -0.4 is 0 Å². The van der Waals surface area contributed by atoms with Gasteiger partial charge in [0, 0.05) is 54.0 Å². The van der Waals surface area contributed by atoms with E-state index >= 15 is 0 Å². The number of hydrogen-bond acceptors (Lipinski definition) is 4. The first-order valence-electron chi connectivity index (χ1n) is 13.4. The van der Waals surface area contributed by atoms with Crippen LogP contribution in [0.3, 0.4) is 0 Å². The maximum atomic E-state index is 11.5. The van der Waals surface area contributed by atoms with E-state index < -0.39 is 5.41 Å². The van der Waals surface area contributed by atoms with Gasteiger partial charge in [0.25, 0.3) is 0 Å². The maximum Gasteiger partial charge on any atom is 0.164 e. The summed E-state index contributed by atoms with van der Waals surface area (Å²) in [6.45, 7) is 15.7. The van der Waals surface area contributed by atoms with Gasteiger partial charge in [0.15, 0.2) is 5.78 Å². The number of pyridine rings is 1. The number of benzene rings is 3. The van der Waals surface area contributed by atoms with Gasteiger partial charge in [-0.25, -0.2) is 0 Å². The molecule has 0 aliphatic heterocycles. The van der Waals surface area contributed by atoms with E-state index in [1.165, 1.54) is 33.4 Å². The third kappa shape index (κ3) is 5.02. The standard InChI is InChI=1S/C24H16NO.C11H20O2.Ir/c1-24(2)17-8-5-9-18-20(17)21-19(26-18)12-13-25-23(21)16-11-10-14-6-3-4-7-15(14)22(16)24;1-10(2,3)8(12)7-9(13)11(4,5)6;/h3-10,12-13H,1-2H3;7,12H,1-6H3;/q-1;;/b;8-7-;. The number of aromatic nitrogens is 1. The van der Waals surface area contributed by atoms with Crippen LogP contribution in [0.1, 0.15) is 66.5 Å². The van der Waals surface area contributed by atoms with E-state index in [2.05, 4.69) is 68.4 Å². The fourth-order valence-corrected chi connectivity index (χ4v) is 5.21. The summed E-state index contributed by atoms with van der Waals surface area (Å²) in [7, 11) is 0. The molecule has 1 N–H and O–H groups in total. The van der Waals surface area contributed by atoms with Crippen LogP contribution in [0.5, 0.6) is 0 Å². The Balaban J connectivity index is 0.000000229. The zero-order valence-corrected chi connectivity index (χ0v) is 26.8. The third-order valence-electron chi connectivity index (χ3n) is 7.57. The van der Waals surface area contributed by atoms with Crippen molar-refractivity contribution >= 4 is 38.5 Å². The van der Waals surface area contributed by atoms with Gasteiger partial charge in [0.1, 0.15) is 16.9 Å². The van der Waals surface area contributed by atoms with Crippen LogP contribution in [0, 0.1) is 16.9 Å². The molecule has 0 amide bonds. The van der Waals surface area contributed by atoms with Gasteiger partial charge in [-0.1, -0.05) is 103 Å². The third-order valence-corrected chi connectivity index (χ3v) is 7.57. The van der Waals surface area contributed by atoms with Gasteiger partial charge in [-0.2, -0.15) is 0 Å². The van der Waals surface area contributed by atoms with Gasteiger partial charge < -0.3 is 14.5 Å². The zero-order chi connectivity index (χ0) is 28.3. The van der Waals surface area contributed by atoms with Crippen LogP contribution in [0.15, 0.2) is 77.0 Å².